The predicted octanol–water partition coefficient (Wildman–Crippen LogP) is 2.09. The Morgan fingerprint density at radius 1 is 1.14 bits per heavy atom. The third kappa shape index (κ3) is 4.28. The van der Waals surface area contributed by atoms with Crippen LogP contribution in [-0.2, 0) is 5.41 Å². The summed E-state index contributed by atoms with van der Waals surface area (Å²) in [7, 11) is 4.06. The highest BCUT2D eigenvalue weighted by Crippen LogP contribution is 2.28. The van der Waals surface area contributed by atoms with Crippen LogP contribution in [0.1, 0.15) is 46.0 Å². The lowest BCUT2D eigenvalue weighted by molar-refractivity contribution is 0.110. The molecule has 0 aromatic carbocycles. The van der Waals surface area contributed by atoms with Crippen LogP contribution >= 0.6 is 0 Å². The number of nitrogen functional groups attached to an aromatic ring is 1. The summed E-state index contributed by atoms with van der Waals surface area (Å²) in [6.45, 7) is 12.9. The molecule has 1 rings (SSSR count). The molecule has 0 radical (unpaired) electrons. The highest BCUT2D eigenvalue weighted by atomic mass is 16.5. The van der Waals surface area contributed by atoms with E-state index in [0.717, 1.165) is 5.56 Å². The van der Waals surface area contributed by atoms with E-state index in [9.17, 15) is 0 Å². The molecule has 120 valence electrons. The Kier molecular flexibility index (Phi) is 5.17. The van der Waals surface area contributed by atoms with Gasteiger partial charge in [-0.3, -0.25) is 0 Å². The van der Waals surface area contributed by atoms with Gasteiger partial charge in [0.25, 0.3) is 0 Å². The molecule has 0 amide bonds. The Balaban J connectivity index is 3.12. The summed E-state index contributed by atoms with van der Waals surface area (Å²) in [6.07, 6.45) is 0. The maximum Gasteiger partial charge on any atom is 0.221 e. The van der Waals surface area contributed by atoms with Gasteiger partial charge in [0, 0.05) is 11.0 Å². The van der Waals surface area contributed by atoms with Crippen molar-refractivity contribution in [2.24, 2.45) is 5.84 Å². The van der Waals surface area contributed by atoms with Gasteiger partial charge in [-0.15, -0.1) is 0 Å². The van der Waals surface area contributed by atoms with Crippen LogP contribution in [0.5, 0.6) is 5.88 Å². The monoisotopic (exact) mass is 295 g/mol. The van der Waals surface area contributed by atoms with Crippen LogP contribution in [0.4, 0.5) is 5.82 Å². The zero-order chi connectivity index (χ0) is 16.4. The Morgan fingerprint density at radius 2 is 1.71 bits per heavy atom. The van der Waals surface area contributed by atoms with Gasteiger partial charge in [0.05, 0.1) is 5.56 Å². The average molecular weight is 295 g/mol. The van der Waals surface area contributed by atoms with Crippen LogP contribution in [0.2, 0.25) is 0 Å². The van der Waals surface area contributed by atoms with Crippen LogP contribution in [-0.4, -0.2) is 41.1 Å². The van der Waals surface area contributed by atoms with E-state index >= 15 is 0 Å². The van der Waals surface area contributed by atoms with Crippen molar-refractivity contribution in [3.8, 4) is 5.88 Å². The summed E-state index contributed by atoms with van der Waals surface area (Å²) in [6, 6.07) is 0. The van der Waals surface area contributed by atoms with Gasteiger partial charge in [0.15, 0.2) is 5.82 Å². The summed E-state index contributed by atoms with van der Waals surface area (Å²) in [5.41, 5.74) is 3.19. The topological polar surface area (TPSA) is 76.3 Å². The third-order valence-electron chi connectivity index (χ3n) is 3.68. The van der Waals surface area contributed by atoms with Crippen molar-refractivity contribution >= 4 is 5.82 Å². The fraction of sp³-hybridized carbons (Fsp3) is 0.733. The number of ether oxygens (including phenoxy) is 1. The zero-order valence-corrected chi connectivity index (χ0v) is 14.5. The Bertz CT molecular complexity index is 492. The summed E-state index contributed by atoms with van der Waals surface area (Å²) >= 11 is 0. The van der Waals surface area contributed by atoms with E-state index in [1.807, 2.05) is 21.0 Å². The molecule has 0 atom stereocenters. The van der Waals surface area contributed by atoms with E-state index in [1.165, 1.54) is 0 Å². The number of nitrogens with zero attached hydrogens (tertiary/aromatic N) is 3. The quantitative estimate of drug-likeness (QED) is 0.640. The molecule has 0 unspecified atom stereocenters. The standard InChI is InChI=1S/C15H29N5O/c1-10-11(19-16)17-13(14(2,3)4)18-12(10)21-9-15(5,6)20(7)8/h9,16H2,1-8H3,(H,17,18,19). The Labute approximate surface area is 128 Å². The second-order valence-electron chi connectivity index (χ2n) is 7.22. The fourth-order valence-electron chi connectivity index (χ4n) is 1.49. The molecule has 1 aromatic heterocycles. The molecule has 0 fully saturated rings. The molecule has 1 heterocycles. The number of nitrogens with one attached hydrogen (secondary N) is 1. The SMILES string of the molecule is Cc1c(NN)nc(C(C)(C)C)nc1OCC(C)(C)N(C)C. The molecule has 6 heteroatoms. The minimum absolute atomic E-state index is 0.0877. The second kappa shape index (κ2) is 6.15. The maximum absolute atomic E-state index is 5.95. The van der Waals surface area contributed by atoms with Crippen molar-refractivity contribution in [2.45, 2.75) is 52.5 Å². The molecule has 6 nitrogen and oxygen atoms in total. The lowest BCUT2D eigenvalue weighted by Gasteiger charge is -2.32. The second-order valence-corrected chi connectivity index (χ2v) is 7.22. The van der Waals surface area contributed by atoms with E-state index in [-0.39, 0.29) is 11.0 Å². The van der Waals surface area contributed by atoms with Crippen LogP contribution in [0.3, 0.4) is 0 Å². The van der Waals surface area contributed by atoms with Gasteiger partial charge in [-0.1, -0.05) is 20.8 Å². The van der Waals surface area contributed by atoms with Crippen molar-refractivity contribution in [2.75, 3.05) is 26.1 Å². The van der Waals surface area contributed by atoms with Gasteiger partial charge in [-0.2, -0.15) is 4.98 Å². The van der Waals surface area contributed by atoms with Gasteiger partial charge in [-0.05, 0) is 34.9 Å². The first kappa shape index (κ1) is 17.7. The highest BCUT2D eigenvalue weighted by molar-refractivity contribution is 5.48. The van der Waals surface area contributed by atoms with Crippen molar-refractivity contribution in [1.29, 1.82) is 0 Å². The van der Waals surface area contributed by atoms with Crippen LogP contribution in [0.15, 0.2) is 0 Å². The fourth-order valence-corrected chi connectivity index (χ4v) is 1.49. The number of nitrogens with two attached hydrogens (primary N) is 1. The minimum Gasteiger partial charge on any atom is -0.475 e. The van der Waals surface area contributed by atoms with Crippen molar-refractivity contribution in [1.82, 2.24) is 14.9 Å². The van der Waals surface area contributed by atoms with Gasteiger partial charge in [-0.25, -0.2) is 10.8 Å². The van der Waals surface area contributed by atoms with E-state index in [1.54, 1.807) is 0 Å². The lowest BCUT2D eigenvalue weighted by Crippen LogP contribution is -2.43. The summed E-state index contributed by atoms with van der Waals surface area (Å²) < 4.78 is 5.95. The number of hydrogen-bond donors (Lipinski definition) is 2. The molecular weight excluding hydrogens is 266 g/mol. The Hall–Kier alpha value is -1.40. The summed E-state index contributed by atoms with van der Waals surface area (Å²) in [5.74, 6) is 7.45. The van der Waals surface area contributed by atoms with Gasteiger partial charge < -0.3 is 15.1 Å². The molecule has 0 aliphatic heterocycles. The van der Waals surface area contributed by atoms with Gasteiger partial charge in [0.1, 0.15) is 12.4 Å². The van der Waals surface area contributed by atoms with Gasteiger partial charge >= 0.3 is 0 Å². The van der Waals surface area contributed by atoms with Crippen molar-refractivity contribution < 1.29 is 4.74 Å². The molecule has 3 N–H and O–H groups in total. The van der Waals surface area contributed by atoms with E-state index in [4.69, 9.17) is 10.6 Å². The maximum atomic E-state index is 5.95. The molecular formula is C15H29N5O. The lowest BCUT2D eigenvalue weighted by atomic mass is 9.95. The van der Waals surface area contributed by atoms with Crippen LogP contribution < -0.4 is 16.0 Å². The average Bonchev–Trinajstić information content (AvgIpc) is 2.36. The molecule has 0 spiro atoms. The number of hydrogen-bond acceptors (Lipinski definition) is 6. The molecule has 0 aliphatic carbocycles. The minimum atomic E-state index is -0.172. The molecule has 1 aromatic rings. The van der Waals surface area contributed by atoms with Crippen LogP contribution in [0.25, 0.3) is 0 Å². The number of anilines is 1. The van der Waals surface area contributed by atoms with E-state index < -0.39 is 0 Å². The molecule has 0 aliphatic rings. The van der Waals surface area contributed by atoms with E-state index in [0.29, 0.717) is 24.1 Å². The largest absolute Gasteiger partial charge is 0.475 e. The highest BCUT2D eigenvalue weighted by Gasteiger charge is 2.25. The summed E-state index contributed by atoms with van der Waals surface area (Å²) in [4.78, 5) is 11.2. The molecule has 0 bridgehead atoms. The summed E-state index contributed by atoms with van der Waals surface area (Å²) in [5, 5.41) is 0. The van der Waals surface area contributed by atoms with Crippen molar-refractivity contribution in [3.63, 3.8) is 0 Å². The Morgan fingerprint density at radius 3 is 2.14 bits per heavy atom. The normalized spacial score (nSPS) is 12.7. The first-order valence-electron chi connectivity index (χ1n) is 7.15. The molecule has 0 saturated heterocycles. The molecule has 0 saturated carbocycles. The third-order valence-corrected chi connectivity index (χ3v) is 3.68. The number of likely N-dealkylation sites (N-methyl/N-ethyl adjacent to an activating group) is 1. The smallest absolute Gasteiger partial charge is 0.221 e. The molecule has 21 heavy (non-hydrogen) atoms. The number of aromatic nitrogens is 2. The van der Waals surface area contributed by atoms with Crippen LogP contribution in [0, 0.1) is 6.92 Å². The first-order valence-corrected chi connectivity index (χ1v) is 7.15. The first-order chi connectivity index (χ1) is 9.49. The van der Waals surface area contributed by atoms with Crippen molar-refractivity contribution in [3.05, 3.63) is 11.4 Å². The number of rotatable bonds is 5. The predicted molar refractivity (Wildman–Crippen MR) is 86.5 cm³/mol. The number of hydrazine groups is 1. The van der Waals surface area contributed by atoms with E-state index in [2.05, 4.69) is 54.9 Å². The zero-order valence-electron chi connectivity index (χ0n) is 14.5. The van der Waals surface area contributed by atoms with Gasteiger partial charge in [0.2, 0.25) is 5.88 Å².